The molecule has 1 N–H and O–H groups in total. The van der Waals surface area contributed by atoms with Crippen LogP contribution in [0.2, 0.25) is 0 Å². The van der Waals surface area contributed by atoms with Crippen LogP contribution in [0.15, 0.2) is 48.0 Å². The van der Waals surface area contributed by atoms with Gasteiger partial charge in [0, 0.05) is 17.5 Å². The van der Waals surface area contributed by atoms with Gasteiger partial charge in [0.05, 0.1) is 11.9 Å². The Morgan fingerprint density at radius 3 is 2.53 bits per heavy atom. The van der Waals surface area contributed by atoms with Crippen molar-refractivity contribution in [1.82, 2.24) is 5.32 Å². The van der Waals surface area contributed by atoms with E-state index in [1.54, 1.807) is 0 Å². The van der Waals surface area contributed by atoms with Crippen molar-refractivity contribution < 1.29 is 4.74 Å². The average Bonchev–Trinajstić information content (AvgIpc) is 2.44. The fourth-order valence-corrected chi connectivity index (χ4v) is 1.39. The molecule has 17 heavy (non-hydrogen) atoms. The Hall–Kier alpha value is -1.44. The van der Waals surface area contributed by atoms with Crippen molar-refractivity contribution >= 4 is 0 Å². The maximum absolute atomic E-state index is 5.76. The first kappa shape index (κ1) is 13.6. The molecule has 0 bridgehead atoms. The van der Waals surface area contributed by atoms with E-state index in [0.717, 1.165) is 5.70 Å². The molecule has 2 heteroatoms. The van der Waals surface area contributed by atoms with Crippen LogP contribution < -0.4 is 5.32 Å². The van der Waals surface area contributed by atoms with Gasteiger partial charge in [0.25, 0.3) is 0 Å². The van der Waals surface area contributed by atoms with Crippen LogP contribution >= 0.6 is 0 Å². The number of rotatable bonds is 3. The molecule has 0 saturated heterocycles. The maximum Gasteiger partial charge on any atom is 0.0998 e. The highest BCUT2D eigenvalue weighted by Crippen LogP contribution is 2.21. The molecule has 0 aromatic heterocycles. The van der Waals surface area contributed by atoms with Gasteiger partial charge in [-0.25, -0.2) is 0 Å². The van der Waals surface area contributed by atoms with Gasteiger partial charge in [0.15, 0.2) is 0 Å². The second kappa shape index (κ2) is 5.76. The van der Waals surface area contributed by atoms with E-state index >= 15 is 0 Å². The van der Waals surface area contributed by atoms with Gasteiger partial charge in [-0.2, -0.15) is 0 Å². The lowest BCUT2D eigenvalue weighted by molar-refractivity contribution is 0.0744. The highest BCUT2D eigenvalue weighted by Gasteiger charge is 2.13. The minimum Gasteiger partial charge on any atom is -0.495 e. The minimum absolute atomic E-state index is 0.156. The van der Waals surface area contributed by atoms with Crippen LogP contribution in [0.1, 0.15) is 34.6 Å². The molecule has 0 amide bonds. The molecule has 0 aromatic rings. The van der Waals surface area contributed by atoms with Gasteiger partial charge in [-0.15, -0.1) is 0 Å². The molecule has 0 atom stereocenters. The highest BCUT2D eigenvalue weighted by atomic mass is 16.5. The van der Waals surface area contributed by atoms with Crippen molar-refractivity contribution in [2.24, 2.45) is 5.92 Å². The van der Waals surface area contributed by atoms with E-state index in [1.807, 2.05) is 30.7 Å². The lowest BCUT2D eigenvalue weighted by atomic mass is 10.0. The summed E-state index contributed by atoms with van der Waals surface area (Å²) < 4.78 is 5.76. The fraction of sp³-hybridized carbons (Fsp3) is 0.467. The Bertz CT molecular complexity index is 365. The minimum atomic E-state index is -0.156. The molecule has 0 radical (unpaired) electrons. The fourth-order valence-electron chi connectivity index (χ4n) is 1.39. The zero-order valence-electron chi connectivity index (χ0n) is 11.4. The molecule has 1 rings (SSSR count). The lowest BCUT2D eigenvalue weighted by Gasteiger charge is -2.21. The van der Waals surface area contributed by atoms with E-state index in [4.69, 9.17) is 4.74 Å². The average molecular weight is 233 g/mol. The Morgan fingerprint density at radius 1 is 1.24 bits per heavy atom. The van der Waals surface area contributed by atoms with Crippen molar-refractivity contribution in [2.75, 3.05) is 0 Å². The third-order valence-corrected chi connectivity index (χ3v) is 2.29. The summed E-state index contributed by atoms with van der Waals surface area (Å²) in [6.45, 7) is 10.5. The van der Waals surface area contributed by atoms with Crippen molar-refractivity contribution in [3.8, 4) is 0 Å². The maximum atomic E-state index is 5.76. The number of ether oxygens (including phenoxy) is 1. The number of hydrogen-bond donors (Lipinski definition) is 1. The van der Waals surface area contributed by atoms with E-state index in [9.17, 15) is 0 Å². The van der Waals surface area contributed by atoms with Crippen LogP contribution in [-0.4, -0.2) is 5.60 Å². The molecular formula is C15H23NO. The summed E-state index contributed by atoms with van der Waals surface area (Å²) in [7, 11) is 0. The SMILES string of the molecule is CC(C)C(=COC(C)(C)C)C1=CC=CC=CN1. The number of allylic oxidation sites excluding steroid dienone is 5. The van der Waals surface area contributed by atoms with Gasteiger partial charge in [-0.05, 0) is 38.8 Å². The van der Waals surface area contributed by atoms with Crippen LogP contribution in [0.5, 0.6) is 0 Å². The normalized spacial score (nSPS) is 16.6. The van der Waals surface area contributed by atoms with Crippen LogP contribution in [0.25, 0.3) is 0 Å². The van der Waals surface area contributed by atoms with E-state index in [2.05, 4.69) is 46.0 Å². The summed E-state index contributed by atoms with van der Waals surface area (Å²) in [5, 5.41) is 3.27. The number of hydrogen-bond acceptors (Lipinski definition) is 2. The molecule has 0 unspecified atom stereocenters. The third kappa shape index (κ3) is 4.94. The molecule has 1 heterocycles. The second-order valence-electron chi connectivity index (χ2n) is 5.43. The largest absolute Gasteiger partial charge is 0.495 e. The van der Waals surface area contributed by atoms with Gasteiger partial charge in [-0.3, -0.25) is 0 Å². The zero-order valence-corrected chi connectivity index (χ0v) is 11.4. The Balaban J connectivity index is 2.89. The standard InChI is InChI=1S/C15H23NO/c1-12(2)13(11-17-15(3,4)5)14-9-7-6-8-10-16-14/h6-12,16H,1-5H3. The summed E-state index contributed by atoms with van der Waals surface area (Å²) >= 11 is 0. The van der Waals surface area contributed by atoms with Crippen molar-refractivity contribution in [3.05, 3.63) is 48.0 Å². The Kier molecular flexibility index (Phi) is 4.62. The highest BCUT2D eigenvalue weighted by molar-refractivity contribution is 5.36. The summed E-state index contributed by atoms with van der Waals surface area (Å²) in [6, 6.07) is 0. The van der Waals surface area contributed by atoms with Crippen LogP contribution in [0.4, 0.5) is 0 Å². The van der Waals surface area contributed by atoms with Gasteiger partial charge < -0.3 is 10.1 Å². The zero-order chi connectivity index (χ0) is 12.9. The first-order valence-corrected chi connectivity index (χ1v) is 6.08. The smallest absolute Gasteiger partial charge is 0.0998 e. The molecule has 0 saturated carbocycles. The first-order valence-electron chi connectivity index (χ1n) is 6.08. The van der Waals surface area contributed by atoms with Crippen molar-refractivity contribution in [3.63, 3.8) is 0 Å². The molecule has 0 spiro atoms. The number of nitrogens with one attached hydrogen (secondary N) is 1. The summed E-state index contributed by atoms with van der Waals surface area (Å²) in [4.78, 5) is 0. The van der Waals surface area contributed by atoms with Crippen LogP contribution in [-0.2, 0) is 4.74 Å². The van der Waals surface area contributed by atoms with Gasteiger partial charge in [0.1, 0.15) is 0 Å². The third-order valence-electron chi connectivity index (χ3n) is 2.29. The predicted octanol–water partition coefficient (Wildman–Crippen LogP) is 3.90. The van der Waals surface area contributed by atoms with E-state index in [1.165, 1.54) is 5.57 Å². The van der Waals surface area contributed by atoms with E-state index in [0.29, 0.717) is 5.92 Å². The molecule has 1 aliphatic heterocycles. The Morgan fingerprint density at radius 2 is 1.94 bits per heavy atom. The second-order valence-corrected chi connectivity index (χ2v) is 5.43. The molecular weight excluding hydrogens is 210 g/mol. The monoisotopic (exact) mass is 233 g/mol. The molecule has 94 valence electrons. The molecule has 0 aromatic carbocycles. The molecule has 0 aliphatic carbocycles. The lowest BCUT2D eigenvalue weighted by Crippen LogP contribution is -2.18. The van der Waals surface area contributed by atoms with Crippen LogP contribution in [0, 0.1) is 5.92 Å². The topological polar surface area (TPSA) is 21.3 Å². The quantitative estimate of drug-likeness (QED) is 0.746. The van der Waals surface area contributed by atoms with Crippen molar-refractivity contribution in [1.29, 1.82) is 0 Å². The summed E-state index contributed by atoms with van der Waals surface area (Å²) in [6.07, 6.45) is 11.9. The van der Waals surface area contributed by atoms with Gasteiger partial charge in [-0.1, -0.05) is 26.0 Å². The van der Waals surface area contributed by atoms with E-state index < -0.39 is 0 Å². The summed E-state index contributed by atoms with van der Waals surface area (Å²) in [5.74, 6) is 0.413. The predicted molar refractivity (Wildman–Crippen MR) is 73.3 cm³/mol. The summed E-state index contributed by atoms with van der Waals surface area (Å²) in [5.41, 5.74) is 2.11. The Labute approximate surface area is 105 Å². The molecule has 2 nitrogen and oxygen atoms in total. The van der Waals surface area contributed by atoms with Crippen LogP contribution in [0.3, 0.4) is 0 Å². The molecule has 1 aliphatic rings. The van der Waals surface area contributed by atoms with Gasteiger partial charge >= 0.3 is 0 Å². The van der Waals surface area contributed by atoms with E-state index in [-0.39, 0.29) is 5.60 Å². The van der Waals surface area contributed by atoms with Gasteiger partial charge in [0.2, 0.25) is 0 Å². The molecule has 0 fully saturated rings. The first-order chi connectivity index (χ1) is 7.90. The van der Waals surface area contributed by atoms with Crippen molar-refractivity contribution in [2.45, 2.75) is 40.2 Å².